The van der Waals surface area contributed by atoms with Crippen molar-refractivity contribution in [1.29, 1.82) is 0 Å². The Morgan fingerprint density at radius 3 is 2.60 bits per heavy atom. The largest absolute Gasteiger partial charge is 0.360 e. The van der Waals surface area contributed by atoms with E-state index in [2.05, 4.69) is 20.1 Å². The van der Waals surface area contributed by atoms with Crippen LogP contribution in [0.3, 0.4) is 0 Å². The van der Waals surface area contributed by atoms with Crippen LogP contribution in [-0.4, -0.2) is 32.4 Å². The molecule has 3 heterocycles. The molecule has 0 spiro atoms. The topological polar surface area (TPSA) is 82.8 Å². The van der Waals surface area contributed by atoms with Gasteiger partial charge in [-0.3, -0.25) is 14.5 Å². The Morgan fingerprint density at radius 1 is 1.26 bits per heavy atom. The number of carbonyl (C=O) groups excluding carboxylic acids is 2. The zero-order chi connectivity index (χ0) is 25.5. The Morgan fingerprint density at radius 2 is 2.00 bits per heavy atom. The number of carbonyl (C=O) groups is 2. The van der Waals surface area contributed by atoms with Gasteiger partial charge in [0.1, 0.15) is 16.6 Å². The smallest absolute Gasteiger partial charge is 0.272 e. The maximum absolute atomic E-state index is 13.4. The quantitative estimate of drug-likeness (QED) is 0.364. The van der Waals surface area contributed by atoms with Crippen LogP contribution in [0.4, 0.5) is 17.2 Å². The number of amides is 2. The fourth-order valence-corrected chi connectivity index (χ4v) is 5.32. The summed E-state index contributed by atoms with van der Waals surface area (Å²) < 4.78 is 0. The van der Waals surface area contributed by atoms with Gasteiger partial charge in [0, 0.05) is 17.3 Å². The monoisotopic (exact) mass is 524 g/mol. The summed E-state index contributed by atoms with van der Waals surface area (Å²) in [7, 11) is 0. The van der Waals surface area contributed by atoms with E-state index in [1.54, 1.807) is 56.3 Å². The van der Waals surface area contributed by atoms with Crippen molar-refractivity contribution >= 4 is 69.3 Å². The highest BCUT2D eigenvalue weighted by Crippen LogP contribution is 2.38. The number of rotatable bonds is 5. The van der Waals surface area contributed by atoms with E-state index in [0.29, 0.717) is 32.5 Å². The molecule has 1 N–H and O–H groups in total. The lowest BCUT2D eigenvalue weighted by Crippen LogP contribution is -2.44. The predicted octanol–water partition coefficient (Wildman–Crippen LogP) is 5.21. The third kappa shape index (κ3) is 4.38. The van der Waals surface area contributed by atoms with Crippen molar-refractivity contribution in [2.24, 2.45) is 0 Å². The average Bonchev–Trinajstić information content (AvgIpc) is 3.31. The molecule has 3 aromatic rings. The first-order valence-corrected chi connectivity index (χ1v) is 12.2. The van der Waals surface area contributed by atoms with Gasteiger partial charge >= 0.3 is 0 Å². The van der Waals surface area contributed by atoms with E-state index in [9.17, 15) is 9.59 Å². The standard InChI is InChI=1S/C24H21ClN6O2S2/c1-13-8-17(11-27-20(13)26-5)30-22(33)24(3,4)31(23(30)34)16-7-6-15(18(25)9-16)10-28-21(32)19-14(2)29-12-35-19/h6-9,11-12H,10H2,1-4H3,(H,28,32). The van der Waals surface area contributed by atoms with E-state index in [-0.39, 0.29) is 29.3 Å². The van der Waals surface area contributed by atoms with Gasteiger partial charge in [0.05, 0.1) is 16.9 Å². The Labute approximate surface area is 217 Å². The van der Waals surface area contributed by atoms with Gasteiger partial charge in [0.15, 0.2) is 5.11 Å². The summed E-state index contributed by atoms with van der Waals surface area (Å²) in [4.78, 5) is 41.2. The van der Waals surface area contributed by atoms with E-state index < -0.39 is 5.54 Å². The highest BCUT2D eigenvalue weighted by atomic mass is 35.5. The number of halogens is 1. The molecule has 0 unspecified atom stereocenters. The van der Waals surface area contributed by atoms with Gasteiger partial charge < -0.3 is 15.1 Å². The fourth-order valence-electron chi connectivity index (χ4n) is 3.84. The minimum absolute atomic E-state index is 0.207. The average molecular weight is 525 g/mol. The maximum Gasteiger partial charge on any atom is 0.272 e. The summed E-state index contributed by atoms with van der Waals surface area (Å²) in [6.07, 6.45) is 1.48. The summed E-state index contributed by atoms with van der Waals surface area (Å²) in [5, 5.41) is 3.59. The number of hydrogen-bond acceptors (Lipinski definition) is 6. The first-order valence-electron chi connectivity index (χ1n) is 10.6. The molecule has 1 aliphatic rings. The van der Waals surface area contributed by atoms with Gasteiger partial charge in [-0.05, 0) is 69.2 Å². The van der Waals surface area contributed by atoms with Gasteiger partial charge in [-0.25, -0.2) is 4.98 Å². The molecule has 0 saturated carbocycles. The van der Waals surface area contributed by atoms with E-state index >= 15 is 0 Å². The van der Waals surface area contributed by atoms with Crippen LogP contribution in [0.25, 0.3) is 4.85 Å². The second-order valence-corrected chi connectivity index (χ2v) is 10.1. The third-order valence-corrected chi connectivity index (χ3v) is 7.40. The van der Waals surface area contributed by atoms with Gasteiger partial charge in [-0.1, -0.05) is 24.2 Å². The molecule has 35 heavy (non-hydrogen) atoms. The Balaban J connectivity index is 1.59. The molecule has 1 fully saturated rings. The van der Waals surface area contributed by atoms with Crippen LogP contribution in [0.1, 0.15) is 40.3 Å². The first-order chi connectivity index (χ1) is 16.6. The third-order valence-electron chi connectivity index (χ3n) is 5.75. The van der Waals surface area contributed by atoms with Gasteiger partial charge in [0.25, 0.3) is 17.6 Å². The normalized spacial score (nSPS) is 14.9. The van der Waals surface area contributed by atoms with Crippen molar-refractivity contribution in [3.8, 4) is 0 Å². The van der Waals surface area contributed by atoms with Crippen molar-refractivity contribution in [1.82, 2.24) is 15.3 Å². The van der Waals surface area contributed by atoms with E-state index in [1.165, 1.54) is 22.4 Å². The number of nitrogens with zero attached hydrogens (tertiary/aromatic N) is 5. The number of aryl methyl sites for hydroxylation is 2. The first kappa shape index (κ1) is 24.7. The van der Waals surface area contributed by atoms with Crippen LogP contribution in [0.15, 0.2) is 36.0 Å². The molecule has 1 aliphatic heterocycles. The number of pyridine rings is 1. The summed E-state index contributed by atoms with van der Waals surface area (Å²) in [6.45, 7) is 14.6. The number of hydrogen-bond donors (Lipinski definition) is 1. The van der Waals surface area contributed by atoms with Crippen LogP contribution in [0.2, 0.25) is 5.02 Å². The lowest BCUT2D eigenvalue weighted by molar-refractivity contribution is -0.120. The molecule has 2 aromatic heterocycles. The summed E-state index contributed by atoms with van der Waals surface area (Å²) in [6, 6.07) is 7.09. The number of thiazole rings is 1. The maximum atomic E-state index is 13.4. The van der Waals surface area contributed by atoms with Crippen LogP contribution < -0.4 is 15.1 Å². The van der Waals surface area contributed by atoms with Crippen molar-refractivity contribution in [3.63, 3.8) is 0 Å². The summed E-state index contributed by atoms with van der Waals surface area (Å²) in [5.74, 6) is -0.143. The van der Waals surface area contributed by atoms with Crippen LogP contribution in [0.5, 0.6) is 0 Å². The van der Waals surface area contributed by atoms with Crippen molar-refractivity contribution in [2.75, 3.05) is 9.80 Å². The molecule has 0 radical (unpaired) electrons. The Bertz CT molecular complexity index is 1410. The number of thiocarbonyl (C=S) groups is 1. The SMILES string of the molecule is [C-]#[N+]c1ncc(N2C(=O)C(C)(C)N(c3ccc(CNC(=O)c4scnc4C)c(Cl)c3)C2=S)cc1C. The number of aromatic nitrogens is 2. The highest BCUT2D eigenvalue weighted by Gasteiger charge is 2.50. The van der Waals surface area contributed by atoms with E-state index in [4.69, 9.17) is 30.4 Å². The number of benzene rings is 1. The molecule has 0 bridgehead atoms. The van der Waals surface area contributed by atoms with Crippen LogP contribution >= 0.6 is 35.2 Å². The van der Waals surface area contributed by atoms with E-state index in [1.807, 2.05) is 6.07 Å². The summed E-state index contributed by atoms with van der Waals surface area (Å²) >= 11 is 13.6. The van der Waals surface area contributed by atoms with E-state index in [0.717, 1.165) is 5.56 Å². The Hall–Kier alpha value is -3.39. The lowest BCUT2D eigenvalue weighted by Gasteiger charge is -2.29. The lowest BCUT2D eigenvalue weighted by atomic mass is 10.0. The Kier molecular flexibility index (Phi) is 6.60. The molecule has 1 aromatic carbocycles. The second-order valence-electron chi connectivity index (χ2n) is 8.49. The molecule has 4 rings (SSSR count). The number of anilines is 2. The second kappa shape index (κ2) is 9.34. The zero-order valence-electron chi connectivity index (χ0n) is 19.4. The van der Waals surface area contributed by atoms with Crippen LogP contribution in [0, 0.1) is 20.4 Å². The zero-order valence-corrected chi connectivity index (χ0v) is 21.8. The molecular formula is C24H21ClN6O2S2. The van der Waals surface area contributed by atoms with Gasteiger partial charge in [-0.2, -0.15) is 0 Å². The minimum atomic E-state index is -0.980. The van der Waals surface area contributed by atoms with Crippen molar-refractivity contribution in [2.45, 2.75) is 39.8 Å². The molecule has 0 aliphatic carbocycles. The fraction of sp³-hybridized carbons (Fsp3) is 0.250. The molecule has 8 nitrogen and oxygen atoms in total. The molecule has 0 atom stereocenters. The van der Waals surface area contributed by atoms with Crippen LogP contribution in [-0.2, 0) is 11.3 Å². The number of nitrogens with one attached hydrogen (secondary N) is 1. The molecule has 2 amide bonds. The minimum Gasteiger partial charge on any atom is -0.360 e. The molecule has 178 valence electrons. The van der Waals surface area contributed by atoms with Gasteiger partial charge in [-0.15, -0.1) is 16.3 Å². The molecular weight excluding hydrogens is 504 g/mol. The van der Waals surface area contributed by atoms with Crippen molar-refractivity contribution < 1.29 is 9.59 Å². The summed E-state index contributed by atoms with van der Waals surface area (Å²) in [5.41, 5.74) is 3.88. The predicted molar refractivity (Wildman–Crippen MR) is 141 cm³/mol. The molecule has 1 saturated heterocycles. The highest BCUT2D eigenvalue weighted by molar-refractivity contribution is 7.81. The molecule has 11 heteroatoms. The van der Waals surface area contributed by atoms with Crippen molar-refractivity contribution in [3.05, 3.63) is 74.1 Å². The van der Waals surface area contributed by atoms with Gasteiger partial charge in [0.2, 0.25) is 0 Å².